The summed E-state index contributed by atoms with van der Waals surface area (Å²) in [5.41, 5.74) is 4.24. The minimum Gasteiger partial charge on any atom is -0.369 e. The van der Waals surface area contributed by atoms with Crippen molar-refractivity contribution in [2.24, 2.45) is 0 Å². The van der Waals surface area contributed by atoms with Gasteiger partial charge in [0.2, 0.25) is 0 Å². The molecule has 0 saturated heterocycles. The maximum absolute atomic E-state index is 4.63. The zero-order valence-corrected chi connectivity index (χ0v) is 16.1. The van der Waals surface area contributed by atoms with Gasteiger partial charge in [0.1, 0.15) is 11.3 Å². The lowest BCUT2D eigenvalue weighted by Gasteiger charge is -2.28. The van der Waals surface area contributed by atoms with Crippen molar-refractivity contribution in [3.63, 3.8) is 0 Å². The summed E-state index contributed by atoms with van der Waals surface area (Å²) in [5.74, 6) is 0.882. The van der Waals surface area contributed by atoms with Crippen molar-refractivity contribution >= 4 is 16.7 Å². The molecule has 0 aliphatic carbocycles. The second-order valence-electron chi connectivity index (χ2n) is 7.12. The van der Waals surface area contributed by atoms with E-state index in [1.807, 2.05) is 6.07 Å². The highest BCUT2D eigenvalue weighted by Gasteiger charge is 2.10. The van der Waals surface area contributed by atoms with Gasteiger partial charge in [0.25, 0.3) is 0 Å². The van der Waals surface area contributed by atoms with Gasteiger partial charge in [-0.25, -0.2) is 4.98 Å². The highest BCUT2D eigenvalue weighted by Crippen LogP contribution is 2.23. The van der Waals surface area contributed by atoms with Gasteiger partial charge >= 0.3 is 0 Å². The Balaban J connectivity index is 1.78. The third-order valence-corrected chi connectivity index (χ3v) is 4.43. The van der Waals surface area contributed by atoms with E-state index in [9.17, 15) is 0 Å². The van der Waals surface area contributed by atoms with E-state index in [1.54, 1.807) is 12.4 Å². The fraction of sp³-hybridized carbons (Fsp3) is 0.400. The lowest BCUT2D eigenvalue weighted by Crippen LogP contribution is -2.36. The predicted molar refractivity (Wildman–Crippen MR) is 109 cm³/mol. The van der Waals surface area contributed by atoms with Gasteiger partial charge in [-0.15, -0.1) is 0 Å². The molecule has 3 aromatic rings. The molecule has 0 radical (unpaired) electrons. The summed E-state index contributed by atoms with van der Waals surface area (Å²) in [4.78, 5) is 19.0. The Hall–Kier alpha value is -2.44. The van der Waals surface area contributed by atoms with E-state index in [0.29, 0.717) is 0 Å². The van der Waals surface area contributed by atoms with Gasteiger partial charge in [-0.3, -0.25) is 4.98 Å². The Morgan fingerprint density at radius 1 is 0.846 bits per heavy atom. The zero-order chi connectivity index (χ0) is 18.5. The van der Waals surface area contributed by atoms with Crippen molar-refractivity contribution in [2.45, 2.75) is 0 Å². The normalized spacial score (nSPS) is 11.6. The average Bonchev–Trinajstić information content (AvgIpc) is 3.06. The van der Waals surface area contributed by atoms with Crippen LogP contribution in [0.3, 0.4) is 0 Å². The summed E-state index contributed by atoms with van der Waals surface area (Å²) in [6.45, 7) is 4.09. The van der Waals surface area contributed by atoms with Crippen LogP contribution in [0.15, 0.2) is 42.7 Å². The van der Waals surface area contributed by atoms with Gasteiger partial charge in [-0.2, -0.15) is 0 Å². The van der Waals surface area contributed by atoms with E-state index in [2.05, 4.69) is 82.1 Å². The van der Waals surface area contributed by atoms with Crippen molar-refractivity contribution in [1.29, 1.82) is 0 Å². The molecular weight excluding hydrogens is 324 g/mol. The van der Waals surface area contributed by atoms with Crippen molar-refractivity contribution in [2.75, 3.05) is 59.3 Å². The summed E-state index contributed by atoms with van der Waals surface area (Å²) in [6.07, 6.45) is 3.56. The summed E-state index contributed by atoms with van der Waals surface area (Å²) in [7, 11) is 8.46. The number of aromatic nitrogens is 3. The number of nitrogens with one attached hydrogen (secondary N) is 1. The van der Waals surface area contributed by atoms with Crippen LogP contribution < -0.4 is 4.90 Å². The second kappa shape index (κ2) is 8.29. The van der Waals surface area contributed by atoms with Gasteiger partial charge in [-0.1, -0.05) is 0 Å². The zero-order valence-electron chi connectivity index (χ0n) is 16.1. The molecule has 2 aromatic heterocycles. The fourth-order valence-electron chi connectivity index (χ4n) is 2.84. The van der Waals surface area contributed by atoms with E-state index in [1.165, 1.54) is 5.69 Å². The molecule has 0 spiro atoms. The summed E-state index contributed by atoms with van der Waals surface area (Å²) in [6, 6.07) is 10.6. The number of pyridine rings is 1. The van der Waals surface area contributed by atoms with Crippen LogP contribution in [0.2, 0.25) is 0 Å². The number of anilines is 1. The fourth-order valence-corrected chi connectivity index (χ4v) is 2.84. The lowest BCUT2D eigenvalue weighted by molar-refractivity contribution is 0.391. The molecule has 0 atom stereocenters. The van der Waals surface area contributed by atoms with Gasteiger partial charge in [0, 0.05) is 43.6 Å². The predicted octanol–water partition coefficient (Wildman–Crippen LogP) is 2.55. The van der Waals surface area contributed by atoms with Crippen molar-refractivity contribution < 1.29 is 0 Å². The quantitative estimate of drug-likeness (QED) is 0.675. The molecule has 1 N–H and O–H groups in total. The number of rotatable bonds is 8. The van der Waals surface area contributed by atoms with Crippen molar-refractivity contribution in [1.82, 2.24) is 24.8 Å². The van der Waals surface area contributed by atoms with E-state index in [0.717, 1.165) is 48.6 Å². The average molecular weight is 352 g/mol. The Morgan fingerprint density at radius 2 is 1.50 bits per heavy atom. The molecule has 0 amide bonds. The smallest absolute Gasteiger partial charge is 0.138 e. The molecular formula is C20H28N6. The summed E-state index contributed by atoms with van der Waals surface area (Å²) >= 11 is 0. The number of imidazole rings is 1. The van der Waals surface area contributed by atoms with Crippen LogP contribution in [0.1, 0.15) is 0 Å². The number of benzene rings is 1. The van der Waals surface area contributed by atoms with Crippen LogP contribution in [0.4, 0.5) is 5.69 Å². The molecule has 0 fully saturated rings. The van der Waals surface area contributed by atoms with E-state index >= 15 is 0 Å². The molecule has 6 heteroatoms. The molecule has 0 unspecified atom stereocenters. The SMILES string of the molecule is CN(C)CCN(CCN(C)C)c1ccc(-c2nc3cnccc3[nH]2)cc1. The first kappa shape index (κ1) is 18.4. The monoisotopic (exact) mass is 352 g/mol. The number of H-pyrrole nitrogens is 1. The topological polar surface area (TPSA) is 51.3 Å². The number of aromatic amines is 1. The molecule has 0 aliphatic heterocycles. The molecule has 6 nitrogen and oxygen atoms in total. The van der Waals surface area contributed by atoms with Crippen LogP contribution in [0.25, 0.3) is 22.4 Å². The number of nitrogens with zero attached hydrogens (tertiary/aromatic N) is 5. The van der Waals surface area contributed by atoms with E-state index in [-0.39, 0.29) is 0 Å². The minimum atomic E-state index is 0.882. The van der Waals surface area contributed by atoms with Crippen molar-refractivity contribution in [3.05, 3.63) is 42.7 Å². The largest absolute Gasteiger partial charge is 0.369 e. The Labute approximate surface area is 155 Å². The lowest BCUT2D eigenvalue weighted by atomic mass is 10.2. The van der Waals surface area contributed by atoms with Gasteiger partial charge in [0.15, 0.2) is 0 Å². The van der Waals surface area contributed by atoms with Crippen LogP contribution in [-0.4, -0.2) is 79.1 Å². The van der Waals surface area contributed by atoms with Crippen LogP contribution in [0, 0.1) is 0 Å². The highest BCUT2D eigenvalue weighted by atomic mass is 15.2. The van der Waals surface area contributed by atoms with Crippen LogP contribution in [-0.2, 0) is 0 Å². The molecule has 0 saturated carbocycles. The number of fused-ring (bicyclic) bond motifs is 1. The van der Waals surface area contributed by atoms with Gasteiger partial charge < -0.3 is 19.7 Å². The molecule has 0 bridgehead atoms. The highest BCUT2D eigenvalue weighted by molar-refractivity contribution is 5.78. The number of likely N-dealkylation sites (N-methyl/N-ethyl adjacent to an activating group) is 2. The molecule has 26 heavy (non-hydrogen) atoms. The standard InChI is InChI=1S/C20H28N6/c1-24(2)11-13-26(14-12-25(3)4)17-7-5-16(6-8-17)20-22-18-9-10-21-15-19(18)23-20/h5-10,15H,11-14H2,1-4H3,(H,22,23). The Bertz CT molecular complexity index is 777. The number of hydrogen-bond donors (Lipinski definition) is 1. The third kappa shape index (κ3) is 4.59. The molecule has 0 aliphatic rings. The summed E-state index contributed by atoms with van der Waals surface area (Å²) < 4.78 is 0. The number of hydrogen-bond acceptors (Lipinski definition) is 5. The molecule has 2 heterocycles. The third-order valence-electron chi connectivity index (χ3n) is 4.43. The molecule has 138 valence electrons. The maximum Gasteiger partial charge on any atom is 0.138 e. The Kier molecular flexibility index (Phi) is 5.85. The van der Waals surface area contributed by atoms with E-state index < -0.39 is 0 Å². The van der Waals surface area contributed by atoms with Gasteiger partial charge in [0.05, 0.1) is 11.7 Å². The molecule has 3 rings (SSSR count). The maximum atomic E-state index is 4.63. The first-order valence-electron chi connectivity index (χ1n) is 8.97. The van der Waals surface area contributed by atoms with Crippen LogP contribution in [0.5, 0.6) is 0 Å². The molecule has 1 aromatic carbocycles. The second-order valence-corrected chi connectivity index (χ2v) is 7.12. The minimum absolute atomic E-state index is 0.882. The van der Waals surface area contributed by atoms with Crippen molar-refractivity contribution in [3.8, 4) is 11.4 Å². The first-order valence-corrected chi connectivity index (χ1v) is 8.97. The van der Waals surface area contributed by atoms with Crippen LogP contribution >= 0.6 is 0 Å². The first-order chi connectivity index (χ1) is 12.5. The van der Waals surface area contributed by atoms with E-state index in [4.69, 9.17) is 0 Å². The van der Waals surface area contributed by atoms with Gasteiger partial charge in [-0.05, 0) is 58.5 Å². The summed E-state index contributed by atoms with van der Waals surface area (Å²) in [5, 5.41) is 0. The Morgan fingerprint density at radius 3 is 2.08 bits per heavy atom.